The summed E-state index contributed by atoms with van der Waals surface area (Å²) in [6.45, 7) is 8.28. The molecule has 3 heterocycles. The van der Waals surface area contributed by atoms with Gasteiger partial charge < -0.3 is 18.1 Å². The van der Waals surface area contributed by atoms with Crippen molar-refractivity contribution in [1.29, 1.82) is 0 Å². The van der Waals surface area contributed by atoms with Gasteiger partial charge in [-0.1, -0.05) is 30.3 Å². The van der Waals surface area contributed by atoms with E-state index < -0.39 is 7.12 Å². The average molecular weight is 384 g/mol. The molecule has 1 fully saturated rings. The molecule has 0 spiro atoms. The summed E-state index contributed by atoms with van der Waals surface area (Å²) in [5.41, 5.74) is 3.67. The molecule has 144 valence electrons. The molecule has 29 heavy (non-hydrogen) atoms. The quantitative estimate of drug-likeness (QED) is 0.344. The first-order valence-corrected chi connectivity index (χ1v) is 9.96. The van der Waals surface area contributed by atoms with E-state index in [4.69, 9.17) is 18.1 Å². The summed E-state index contributed by atoms with van der Waals surface area (Å²) in [6.07, 6.45) is 0. The zero-order chi connectivity index (χ0) is 20.0. The normalized spacial score (nSPS) is 18.6. The molecular formula is C24H21BO4. The summed E-state index contributed by atoms with van der Waals surface area (Å²) in [5.74, 6) is 0. The molecule has 5 aromatic rings. The summed E-state index contributed by atoms with van der Waals surface area (Å²) in [5, 5.41) is 4.21. The van der Waals surface area contributed by atoms with Gasteiger partial charge in [0.2, 0.25) is 0 Å². The van der Waals surface area contributed by atoms with Crippen LogP contribution in [0.15, 0.2) is 63.4 Å². The molecule has 0 N–H and O–H groups in total. The highest BCUT2D eigenvalue weighted by Crippen LogP contribution is 2.40. The minimum absolute atomic E-state index is 0.368. The van der Waals surface area contributed by atoms with Crippen molar-refractivity contribution in [2.45, 2.75) is 38.9 Å². The highest BCUT2D eigenvalue weighted by Gasteiger charge is 2.51. The fourth-order valence-electron chi connectivity index (χ4n) is 4.19. The number of para-hydroxylation sites is 1. The Kier molecular flexibility index (Phi) is 3.21. The van der Waals surface area contributed by atoms with Gasteiger partial charge in [-0.25, -0.2) is 0 Å². The van der Waals surface area contributed by atoms with Crippen LogP contribution in [0.1, 0.15) is 27.7 Å². The Balaban J connectivity index is 1.57. The van der Waals surface area contributed by atoms with Crippen LogP contribution in [-0.2, 0) is 9.31 Å². The first-order valence-electron chi connectivity index (χ1n) is 9.96. The smallest absolute Gasteiger partial charge is 0.456 e. The second kappa shape index (κ2) is 5.44. The van der Waals surface area contributed by atoms with E-state index in [2.05, 4.69) is 45.9 Å². The number of hydrogen-bond acceptors (Lipinski definition) is 4. The Bertz CT molecular complexity index is 1410. The monoisotopic (exact) mass is 384 g/mol. The third kappa shape index (κ3) is 2.29. The van der Waals surface area contributed by atoms with Gasteiger partial charge >= 0.3 is 7.12 Å². The second-order valence-electron chi connectivity index (χ2n) is 8.86. The van der Waals surface area contributed by atoms with Gasteiger partial charge in [0.15, 0.2) is 0 Å². The fourth-order valence-corrected chi connectivity index (χ4v) is 4.19. The van der Waals surface area contributed by atoms with Crippen molar-refractivity contribution in [3.05, 3.63) is 54.6 Å². The molecule has 0 bridgehead atoms. The Hall–Kier alpha value is -2.76. The van der Waals surface area contributed by atoms with Crippen LogP contribution in [0.2, 0.25) is 0 Å². The third-order valence-electron chi connectivity index (χ3n) is 6.53. The minimum Gasteiger partial charge on any atom is -0.456 e. The van der Waals surface area contributed by atoms with Crippen molar-refractivity contribution < 1.29 is 18.1 Å². The van der Waals surface area contributed by atoms with Gasteiger partial charge in [0, 0.05) is 16.2 Å². The van der Waals surface area contributed by atoms with Crippen molar-refractivity contribution in [2.24, 2.45) is 0 Å². The second-order valence-corrected chi connectivity index (χ2v) is 8.86. The van der Waals surface area contributed by atoms with Crippen molar-refractivity contribution in [2.75, 3.05) is 0 Å². The van der Waals surface area contributed by atoms with Crippen LogP contribution < -0.4 is 5.46 Å². The molecule has 1 aliphatic heterocycles. The Morgan fingerprint density at radius 3 is 2.14 bits per heavy atom. The summed E-state index contributed by atoms with van der Waals surface area (Å²) >= 11 is 0. The minimum atomic E-state index is -0.396. The van der Waals surface area contributed by atoms with E-state index in [1.165, 1.54) is 0 Å². The number of benzene rings is 3. The van der Waals surface area contributed by atoms with Crippen LogP contribution in [0.4, 0.5) is 0 Å². The van der Waals surface area contributed by atoms with E-state index in [9.17, 15) is 0 Å². The molecule has 0 amide bonds. The predicted octanol–water partition coefficient (Wildman–Crippen LogP) is 5.78. The first kappa shape index (κ1) is 17.1. The first-order chi connectivity index (χ1) is 13.8. The predicted molar refractivity (Wildman–Crippen MR) is 117 cm³/mol. The maximum atomic E-state index is 6.29. The maximum Gasteiger partial charge on any atom is 0.494 e. The molecular weight excluding hydrogens is 363 g/mol. The molecule has 0 saturated carbocycles. The lowest BCUT2D eigenvalue weighted by molar-refractivity contribution is 0.00578. The number of furan rings is 2. The van der Waals surface area contributed by atoms with Gasteiger partial charge in [0.1, 0.15) is 22.3 Å². The molecule has 0 aliphatic carbocycles. The molecule has 0 unspecified atom stereocenters. The Labute approximate surface area is 168 Å². The third-order valence-corrected chi connectivity index (χ3v) is 6.53. The summed E-state index contributed by atoms with van der Waals surface area (Å²) in [6, 6.07) is 18.3. The van der Waals surface area contributed by atoms with Gasteiger partial charge in [0.05, 0.1) is 16.6 Å². The molecule has 4 nitrogen and oxygen atoms in total. The zero-order valence-corrected chi connectivity index (χ0v) is 16.9. The van der Waals surface area contributed by atoms with Crippen LogP contribution >= 0.6 is 0 Å². The lowest BCUT2D eigenvalue weighted by Gasteiger charge is -2.32. The summed E-state index contributed by atoms with van der Waals surface area (Å²) < 4.78 is 24.8. The van der Waals surface area contributed by atoms with Gasteiger partial charge in [-0.05, 0) is 57.4 Å². The van der Waals surface area contributed by atoms with E-state index >= 15 is 0 Å². The Morgan fingerprint density at radius 1 is 0.655 bits per heavy atom. The van der Waals surface area contributed by atoms with Gasteiger partial charge in [-0.15, -0.1) is 0 Å². The van der Waals surface area contributed by atoms with Gasteiger partial charge in [0.25, 0.3) is 0 Å². The van der Waals surface area contributed by atoms with Crippen LogP contribution in [0.25, 0.3) is 43.9 Å². The van der Waals surface area contributed by atoms with Gasteiger partial charge in [-0.2, -0.15) is 0 Å². The van der Waals surface area contributed by atoms with Crippen molar-refractivity contribution in [3.8, 4) is 0 Å². The molecule has 1 saturated heterocycles. The molecule has 0 radical (unpaired) electrons. The van der Waals surface area contributed by atoms with E-state index in [-0.39, 0.29) is 11.2 Å². The van der Waals surface area contributed by atoms with E-state index in [1.54, 1.807) is 0 Å². The van der Waals surface area contributed by atoms with Crippen LogP contribution in [0, 0.1) is 0 Å². The van der Waals surface area contributed by atoms with Crippen molar-refractivity contribution in [3.63, 3.8) is 0 Å². The van der Waals surface area contributed by atoms with E-state index in [1.807, 2.05) is 36.4 Å². The van der Waals surface area contributed by atoms with E-state index in [0.29, 0.717) is 0 Å². The number of fused-ring (bicyclic) bond motifs is 7. The number of rotatable bonds is 1. The lowest BCUT2D eigenvalue weighted by atomic mass is 9.78. The SMILES string of the molecule is CC1(C)OB(c2ccc3oc4c(ccc5oc6ccccc6c54)c3c2)OC1(C)C. The van der Waals surface area contributed by atoms with Crippen LogP contribution in [0.5, 0.6) is 0 Å². The fraction of sp³-hybridized carbons (Fsp3) is 0.250. The molecule has 3 aromatic carbocycles. The number of hydrogen-bond donors (Lipinski definition) is 0. The zero-order valence-electron chi connectivity index (χ0n) is 16.9. The molecule has 2 aromatic heterocycles. The van der Waals surface area contributed by atoms with Crippen LogP contribution in [-0.4, -0.2) is 18.3 Å². The van der Waals surface area contributed by atoms with Crippen molar-refractivity contribution in [1.82, 2.24) is 0 Å². The molecule has 0 atom stereocenters. The van der Waals surface area contributed by atoms with E-state index in [0.717, 1.165) is 49.3 Å². The largest absolute Gasteiger partial charge is 0.494 e. The molecule has 1 aliphatic rings. The lowest BCUT2D eigenvalue weighted by Crippen LogP contribution is -2.41. The van der Waals surface area contributed by atoms with Crippen molar-refractivity contribution >= 4 is 56.5 Å². The standard InChI is InChI=1S/C24H21BO4/c1-23(2)24(3,4)29-25(28-23)14-9-11-19-17(13-14)15-10-12-20-21(22(15)27-19)16-7-5-6-8-18(16)26-20/h5-13H,1-4H3. The Morgan fingerprint density at radius 2 is 1.34 bits per heavy atom. The van der Waals surface area contributed by atoms with Gasteiger partial charge in [-0.3, -0.25) is 0 Å². The average Bonchev–Trinajstić information content (AvgIpc) is 3.30. The molecule has 5 heteroatoms. The summed E-state index contributed by atoms with van der Waals surface area (Å²) in [7, 11) is -0.396. The highest BCUT2D eigenvalue weighted by atomic mass is 16.7. The molecule has 6 rings (SSSR count). The summed E-state index contributed by atoms with van der Waals surface area (Å²) in [4.78, 5) is 0. The maximum absolute atomic E-state index is 6.29. The van der Waals surface area contributed by atoms with Crippen LogP contribution in [0.3, 0.4) is 0 Å². The highest BCUT2D eigenvalue weighted by molar-refractivity contribution is 6.62. The topological polar surface area (TPSA) is 44.7 Å².